The number of halogens is 1. The largest absolute Gasteiger partial charge is 0.399 e. The molecule has 1 unspecified atom stereocenters. The van der Waals surface area contributed by atoms with Crippen LogP contribution in [0, 0.1) is 0 Å². The number of hydrogen-bond acceptors (Lipinski definition) is 8. The van der Waals surface area contributed by atoms with Gasteiger partial charge in [-0.25, -0.2) is 9.97 Å². The fraction of sp³-hybridized carbons (Fsp3) is 0.346. The highest BCUT2D eigenvalue weighted by Crippen LogP contribution is 2.33. The van der Waals surface area contributed by atoms with E-state index in [2.05, 4.69) is 39.2 Å². The van der Waals surface area contributed by atoms with Crippen LogP contribution < -0.4 is 20.9 Å². The van der Waals surface area contributed by atoms with Crippen LogP contribution in [0.5, 0.6) is 0 Å². The number of fused-ring (bicyclic) bond motifs is 2. The summed E-state index contributed by atoms with van der Waals surface area (Å²) in [6, 6.07) is 13.5. The van der Waals surface area contributed by atoms with Crippen molar-refractivity contribution >= 4 is 56.6 Å². The van der Waals surface area contributed by atoms with Crippen LogP contribution in [0.25, 0.3) is 11.0 Å². The van der Waals surface area contributed by atoms with Crippen LogP contribution >= 0.6 is 11.6 Å². The van der Waals surface area contributed by atoms with Crippen molar-refractivity contribution in [3.8, 4) is 0 Å². The average molecular weight is 537 g/mol. The Bertz CT molecular complexity index is 1470. The lowest BCUT2D eigenvalue weighted by Gasteiger charge is -2.36. The van der Waals surface area contributed by atoms with Gasteiger partial charge in [-0.1, -0.05) is 18.5 Å². The third-order valence-corrected chi connectivity index (χ3v) is 8.71. The highest BCUT2D eigenvalue weighted by Gasteiger charge is 2.30. The summed E-state index contributed by atoms with van der Waals surface area (Å²) >= 11 is 6.06. The van der Waals surface area contributed by atoms with Gasteiger partial charge in [-0.05, 0) is 48.9 Å². The number of nitrogens with zero attached hydrogens (tertiary/aromatic N) is 5. The Kier molecular flexibility index (Phi) is 6.37. The Morgan fingerprint density at radius 1 is 1.08 bits per heavy atom. The van der Waals surface area contributed by atoms with E-state index in [-0.39, 0.29) is 6.04 Å². The van der Waals surface area contributed by atoms with Crippen molar-refractivity contribution in [2.75, 3.05) is 52.8 Å². The molecule has 4 aromatic rings. The van der Waals surface area contributed by atoms with E-state index in [0.717, 1.165) is 70.8 Å². The third kappa shape index (κ3) is 4.71. The Labute approximate surface area is 222 Å². The zero-order valence-corrected chi connectivity index (χ0v) is 22.1. The molecule has 2 aliphatic heterocycles. The summed E-state index contributed by atoms with van der Waals surface area (Å²) in [5.74, 6) is 2.70. The molecule has 0 aliphatic carbocycles. The number of piperazine rings is 1. The van der Waals surface area contributed by atoms with Gasteiger partial charge in [0.25, 0.3) is 0 Å². The standard InChI is InChI=1S/C26H29ClN8OS/c1-2-19(24-30-20-8-5-17(28)15-22(20)31-24)29-25-23-21(9-14-37(23)36)32-26(33-25)35-12-10-34(11-13-35)18-6-3-16(27)4-7-18/h3-8,15,19H,2,9-14,28H2,1H3,(H,30,31)(H,29,32,33)/t19-,37?/m0/s1. The van der Waals surface area contributed by atoms with Crippen molar-refractivity contribution in [2.24, 2.45) is 0 Å². The lowest BCUT2D eigenvalue weighted by molar-refractivity contribution is 0.635. The van der Waals surface area contributed by atoms with Crippen molar-refractivity contribution in [3.05, 3.63) is 59.0 Å². The number of nitrogen functional groups attached to an aromatic ring is 1. The first-order valence-electron chi connectivity index (χ1n) is 12.5. The van der Waals surface area contributed by atoms with Gasteiger partial charge in [0.15, 0.2) is 0 Å². The van der Waals surface area contributed by atoms with Crippen LogP contribution in [-0.4, -0.2) is 56.1 Å². The van der Waals surface area contributed by atoms with Gasteiger partial charge >= 0.3 is 0 Å². The number of benzene rings is 2. The van der Waals surface area contributed by atoms with Crippen LogP contribution in [0.4, 0.5) is 23.1 Å². The molecule has 2 aliphatic rings. The summed E-state index contributed by atoms with van der Waals surface area (Å²) in [6.45, 7) is 5.40. The van der Waals surface area contributed by atoms with Gasteiger partial charge in [-0.3, -0.25) is 4.21 Å². The summed E-state index contributed by atoms with van der Waals surface area (Å²) in [7, 11) is -1.12. The second kappa shape index (κ2) is 9.83. The summed E-state index contributed by atoms with van der Waals surface area (Å²) in [5, 5.41) is 4.29. The fourth-order valence-electron chi connectivity index (χ4n) is 4.98. The fourth-order valence-corrected chi connectivity index (χ4v) is 6.42. The molecule has 0 bridgehead atoms. The van der Waals surface area contributed by atoms with Crippen LogP contribution in [0.15, 0.2) is 47.4 Å². The van der Waals surface area contributed by atoms with Gasteiger partial charge in [0.2, 0.25) is 5.95 Å². The molecule has 0 amide bonds. The zero-order chi connectivity index (χ0) is 25.5. The maximum atomic E-state index is 12.9. The van der Waals surface area contributed by atoms with Gasteiger partial charge in [-0.15, -0.1) is 0 Å². The van der Waals surface area contributed by atoms with Crippen molar-refractivity contribution in [1.82, 2.24) is 19.9 Å². The average Bonchev–Trinajstić information content (AvgIpc) is 3.50. The van der Waals surface area contributed by atoms with Gasteiger partial charge < -0.3 is 25.8 Å². The number of aryl methyl sites for hydroxylation is 1. The van der Waals surface area contributed by atoms with E-state index in [1.54, 1.807) is 0 Å². The predicted molar refractivity (Wildman–Crippen MR) is 150 cm³/mol. The van der Waals surface area contributed by atoms with E-state index in [0.29, 0.717) is 29.6 Å². The first-order valence-corrected chi connectivity index (χ1v) is 14.2. The number of rotatable bonds is 6. The van der Waals surface area contributed by atoms with Gasteiger partial charge in [-0.2, -0.15) is 4.98 Å². The van der Waals surface area contributed by atoms with Crippen molar-refractivity contribution in [3.63, 3.8) is 0 Å². The number of aromatic nitrogens is 4. The highest BCUT2D eigenvalue weighted by molar-refractivity contribution is 7.85. The predicted octanol–water partition coefficient (Wildman–Crippen LogP) is 4.14. The minimum absolute atomic E-state index is 0.125. The number of nitrogens with one attached hydrogen (secondary N) is 2. The molecule has 4 heterocycles. The molecule has 2 aromatic heterocycles. The van der Waals surface area contributed by atoms with Gasteiger partial charge in [0, 0.05) is 54.8 Å². The molecular formula is C26H29ClN8OS. The molecule has 6 rings (SSSR count). The molecule has 1 saturated heterocycles. The SMILES string of the molecule is CC[C@H](Nc1nc(N2CCN(c3ccc(Cl)cc3)CC2)nc2c1S(=O)CC2)c1nc2ccc(N)cc2[nH]1. The van der Waals surface area contributed by atoms with E-state index in [1.807, 2.05) is 30.3 Å². The molecule has 2 atom stereocenters. The maximum absolute atomic E-state index is 12.9. The normalized spacial score (nSPS) is 18.3. The summed E-state index contributed by atoms with van der Waals surface area (Å²) in [6.07, 6.45) is 1.47. The molecule has 1 fully saturated rings. The molecule has 0 spiro atoms. The zero-order valence-electron chi connectivity index (χ0n) is 20.6. The molecule has 0 radical (unpaired) electrons. The number of aromatic amines is 1. The van der Waals surface area contributed by atoms with E-state index >= 15 is 0 Å². The van der Waals surface area contributed by atoms with Crippen molar-refractivity contribution < 1.29 is 4.21 Å². The van der Waals surface area contributed by atoms with Crippen molar-refractivity contribution in [1.29, 1.82) is 0 Å². The highest BCUT2D eigenvalue weighted by atomic mass is 35.5. The lowest BCUT2D eigenvalue weighted by Crippen LogP contribution is -2.47. The summed E-state index contributed by atoms with van der Waals surface area (Å²) < 4.78 is 12.9. The van der Waals surface area contributed by atoms with E-state index in [4.69, 9.17) is 32.3 Å². The molecule has 11 heteroatoms. The van der Waals surface area contributed by atoms with Crippen LogP contribution in [0.3, 0.4) is 0 Å². The molecule has 192 valence electrons. The second-order valence-corrected chi connectivity index (χ2v) is 11.3. The lowest BCUT2D eigenvalue weighted by atomic mass is 10.2. The Balaban J connectivity index is 1.26. The number of nitrogens with two attached hydrogens (primary N) is 1. The Hall–Kier alpha value is -3.37. The van der Waals surface area contributed by atoms with Crippen LogP contribution in [0.2, 0.25) is 5.02 Å². The second-order valence-electron chi connectivity index (χ2n) is 9.40. The molecule has 9 nitrogen and oxygen atoms in total. The van der Waals surface area contributed by atoms with E-state index < -0.39 is 10.8 Å². The van der Waals surface area contributed by atoms with Gasteiger partial charge in [0.05, 0.1) is 33.6 Å². The van der Waals surface area contributed by atoms with Gasteiger partial charge in [0.1, 0.15) is 16.5 Å². The quantitative estimate of drug-likeness (QED) is 0.315. The first-order chi connectivity index (χ1) is 18.0. The molecule has 2 aromatic carbocycles. The number of imidazole rings is 1. The number of hydrogen-bond donors (Lipinski definition) is 3. The molecule has 4 N–H and O–H groups in total. The topological polar surface area (TPSA) is 116 Å². The van der Waals surface area contributed by atoms with E-state index in [9.17, 15) is 4.21 Å². The summed E-state index contributed by atoms with van der Waals surface area (Å²) in [4.78, 5) is 23.2. The maximum Gasteiger partial charge on any atom is 0.227 e. The van der Waals surface area contributed by atoms with Crippen molar-refractivity contribution in [2.45, 2.75) is 30.7 Å². The Morgan fingerprint density at radius 2 is 1.84 bits per heavy atom. The number of H-pyrrole nitrogens is 1. The molecule has 37 heavy (non-hydrogen) atoms. The Morgan fingerprint density at radius 3 is 2.59 bits per heavy atom. The first kappa shape index (κ1) is 24.0. The van der Waals surface area contributed by atoms with E-state index in [1.165, 1.54) is 0 Å². The monoisotopic (exact) mass is 536 g/mol. The number of anilines is 4. The minimum Gasteiger partial charge on any atom is -0.399 e. The third-order valence-electron chi connectivity index (χ3n) is 7.00. The smallest absolute Gasteiger partial charge is 0.227 e. The molecule has 0 saturated carbocycles. The summed E-state index contributed by atoms with van der Waals surface area (Å²) in [5.41, 5.74) is 10.4. The molecular weight excluding hydrogens is 508 g/mol. The van der Waals surface area contributed by atoms with Crippen LogP contribution in [-0.2, 0) is 17.2 Å². The van der Waals surface area contributed by atoms with Crippen LogP contribution in [0.1, 0.15) is 30.9 Å². The minimum atomic E-state index is -1.12.